The predicted octanol–water partition coefficient (Wildman–Crippen LogP) is 1.77. The van der Waals surface area contributed by atoms with Crippen molar-refractivity contribution in [2.75, 3.05) is 6.54 Å². The Morgan fingerprint density at radius 1 is 1.47 bits per heavy atom. The van der Waals surface area contributed by atoms with E-state index in [-0.39, 0.29) is 17.7 Å². The van der Waals surface area contributed by atoms with Crippen LogP contribution in [0.5, 0.6) is 5.75 Å². The second-order valence-electron chi connectivity index (χ2n) is 3.70. The third-order valence-electron chi connectivity index (χ3n) is 2.52. The summed E-state index contributed by atoms with van der Waals surface area (Å²) in [6.07, 6.45) is -2.86. The number of aryl methyl sites for hydroxylation is 1. The molecule has 0 aliphatic rings. The third-order valence-corrected chi connectivity index (χ3v) is 2.52. The van der Waals surface area contributed by atoms with Gasteiger partial charge in [0.15, 0.2) is 0 Å². The lowest BCUT2D eigenvalue weighted by Gasteiger charge is -2.14. The summed E-state index contributed by atoms with van der Waals surface area (Å²) in [6.45, 7) is 1.24. The molecule has 0 amide bonds. The maximum atomic E-state index is 12.6. The normalized spacial score (nSPS) is 12.8. The van der Waals surface area contributed by atoms with E-state index in [4.69, 9.17) is 10.8 Å². The molecule has 0 saturated carbocycles. The van der Waals surface area contributed by atoms with Gasteiger partial charge in [0.25, 0.3) is 6.43 Å². The molecule has 1 unspecified atom stereocenters. The Morgan fingerprint density at radius 2 is 2.06 bits per heavy atom. The summed E-state index contributed by atoms with van der Waals surface area (Å²) in [6, 6.07) is 2.34. The van der Waals surface area contributed by atoms with E-state index < -0.39 is 29.6 Å². The quantitative estimate of drug-likeness (QED) is 0.754. The van der Waals surface area contributed by atoms with Crippen LogP contribution in [0.1, 0.15) is 29.0 Å². The SMILES string of the molecule is Cc1cc(C(CN)C(=O)O)cc(C(F)F)c1O. The Balaban J connectivity index is 3.31. The molecule has 1 aromatic carbocycles. The molecule has 1 atom stereocenters. The second-order valence-corrected chi connectivity index (χ2v) is 3.70. The van der Waals surface area contributed by atoms with Crippen LogP contribution in [0.2, 0.25) is 0 Å². The van der Waals surface area contributed by atoms with Crippen molar-refractivity contribution in [3.8, 4) is 5.75 Å². The van der Waals surface area contributed by atoms with E-state index >= 15 is 0 Å². The van der Waals surface area contributed by atoms with Gasteiger partial charge in [0.05, 0.1) is 11.5 Å². The van der Waals surface area contributed by atoms with Gasteiger partial charge in [0, 0.05) is 6.54 Å². The molecule has 17 heavy (non-hydrogen) atoms. The molecule has 4 N–H and O–H groups in total. The number of hydrogen-bond acceptors (Lipinski definition) is 3. The first-order valence-electron chi connectivity index (χ1n) is 4.92. The van der Waals surface area contributed by atoms with Crippen LogP contribution in [0, 0.1) is 6.92 Å². The number of halogens is 2. The molecule has 0 heterocycles. The van der Waals surface area contributed by atoms with Gasteiger partial charge < -0.3 is 15.9 Å². The number of aliphatic carboxylic acids is 1. The molecule has 6 heteroatoms. The summed E-state index contributed by atoms with van der Waals surface area (Å²) in [7, 11) is 0. The van der Waals surface area contributed by atoms with E-state index in [0.29, 0.717) is 0 Å². The van der Waals surface area contributed by atoms with Gasteiger partial charge in [-0.2, -0.15) is 0 Å². The van der Waals surface area contributed by atoms with Crippen molar-refractivity contribution >= 4 is 5.97 Å². The molecule has 0 bridgehead atoms. The summed E-state index contributed by atoms with van der Waals surface area (Å²) in [4.78, 5) is 10.9. The first kappa shape index (κ1) is 13.4. The first-order chi connectivity index (χ1) is 7.88. The Kier molecular flexibility index (Phi) is 4.01. The molecule has 0 radical (unpaired) electrons. The Morgan fingerprint density at radius 3 is 2.47 bits per heavy atom. The lowest BCUT2D eigenvalue weighted by Crippen LogP contribution is -2.21. The van der Waals surface area contributed by atoms with Crippen molar-refractivity contribution in [2.45, 2.75) is 19.3 Å². The van der Waals surface area contributed by atoms with E-state index in [2.05, 4.69) is 0 Å². The summed E-state index contributed by atoms with van der Waals surface area (Å²) >= 11 is 0. The van der Waals surface area contributed by atoms with Gasteiger partial charge in [-0.25, -0.2) is 8.78 Å². The highest BCUT2D eigenvalue weighted by molar-refractivity contribution is 5.76. The van der Waals surface area contributed by atoms with Gasteiger partial charge in [-0.15, -0.1) is 0 Å². The Labute approximate surface area is 96.7 Å². The maximum absolute atomic E-state index is 12.6. The fraction of sp³-hybridized carbons (Fsp3) is 0.364. The fourth-order valence-electron chi connectivity index (χ4n) is 1.58. The molecule has 1 rings (SSSR count). The molecular weight excluding hydrogens is 232 g/mol. The summed E-state index contributed by atoms with van der Waals surface area (Å²) in [5, 5.41) is 18.3. The van der Waals surface area contributed by atoms with Crippen molar-refractivity contribution in [3.05, 3.63) is 28.8 Å². The molecule has 0 aliphatic heterocycles. The molecule has 94 valence electrons. The first-order valence-corrected chi connectivity index (χ1v) is 4.92. The molecule has 4 nitrogen and oxygen atoms in total. The summed E-state index contributed by atoms with van der Waals surface area (Å²) in [5.41, 5.74) is 5.10. The molecule has 0 spiro atoms. The maximum Gasteiger partial charge on any atom is 0.312 e. The zero-order valence-corrected chi connectivity index (χ0v) is 9.15. The largest absolute Gasteiger partial charge is 0.507 e. The van der Waals surface area contributed by atoms with Crippen LogP contribution in [0.15, 0.2) is 12.1 Å². The Bertz CT molecular complexity index is 435. The summed E-state index contributed by atoms with van der Waals surface area (Å²) in [5.74, 6) is -2.74. The van der Waals surface area contributed by atoms with Crippen LogP contribution in [0.4, 0.5) is 8.78 Å². The number of rotatable bonds is 4. The van der Waals surface area contributed by atoms with Crippen LogP contribution in [0.25, 0.3) is 0 Å². The van der Waals surface area contributed by atoms with E-state index in [1.165, 1.54) is 13.0 Å². The fourth-order valence-corrected chi connectivity index (χ4v) is 1.58. The van der Waals surface area contributed by atoms with Crippen molar-refractivity contribution in [2.24, 2.45) is 5.73 Å². The van der Waals surface area contributed by atoms with Gasteiger partial charge in [-0.05, 0) is 24.1 Å². The van der Waals surface area contributed by atoms with Gasteiger partial charge in [0.2, 0.25) is 0 Å². The Hall–Kier alpha value is -1.69. The minimum absolute atomic E-state index is 0.172. The van der Waals surface area contributed by atoms with Crippen molar-refractivity contribution < 1.29 is 23.8 Å². The van der Waals surface area contributed by atoms with Crippen LogP contribution >= 0.6 is 0 Å². The number of phenols is 1. The number of phenolic OH excluding ortho intramolecular Hbond substituents is 1. The van der Waals surface area contributed by atoms with E-state index in [9.17, 15) is 18.7 Å². The second kappa shape index (κ2) is 5.09. The smallest absolute Gasteiger partial charge is 0.312 e. The number of benzene rings is 1. The van der Waals surface area contributed by atoms with Gasteiger partial charge in [-0.3, -0.25) is 4.79 Å². The number of hydrogen-bond donors (Lipinski definition) is 3. The van der Waals surface area contributed by atoms with Crippen LogP contribution in [-0.2, 0) is 4.79 Å². The lowest BCUT2D eigenvalue weighted by molar-refractivity contribution is -0.138. The van der Waals surface area contributed by atoms with Gasteiger partial charge in [-0.1, -0.05) is 6.07 Å². The molecule has 0 saturated heterocycles. The van der Waals surface area contributed by atoms with Gasteiger partial charge >= 0.3 is 5.97 Å². The molecule has 0 aromatic heterocycles. The lowest BCUT2D eigenvalue weighted by atomic mass is 9.94. The average Bonchev–Trinajstić information content (AvgIpc) is 2.22. The monoisotopic (exact) mass is 245 g/mol. The van der Waals surface area contributed by atoms with Crippen LogP contribution in [-0.4, -0.2) is 22.7 Å². The third kappa shape index (κ3) is 2.71. The number of nitrogens with two attached hydrogens (primary N) is 1. The van der Waals surface area contributed by atoms with Crippen molar-refractivity contribution in [1.29, 1.82) is 0 Å². The number of alkyl halides is 2. The van der Waals surface area contributed by atoms with Gasteiger partial charge in [0.1, 0.15) is 5.75 Å². The average molecular weight is 245 g/mol. The van der Waals surface area contributed by atoms with E-state index in [0.717, 1.165) is 6.07 Å². The van der Waals surface area contributed by atoms with Crippen molar-refractivity contribution in [1.82, 2.24) is 0 Å². The number of aromatic hydroxyl groups is 1. The van der Waals surface area contributed by atoms with Crippen molar-refractivity contribution in [3.63, 3.8) is 0 Å². The predicted molar refractivity (Wildman–Crippen MR) is 57.2 cm³/mol. The molecule has 1 aromatic rings. The summed E-state index contributed by atoms with van der Waals surface area (Å²) < 4.78 is 25.2. The zero-order chi connectivity index (χ0) is 13.2. The standard InChI is InChI=1S/C11H13F2NO3/c1-5-2-6(8(4-14)11(16)17)3-7(9(5)15)10(12)13/h2-3,8,10,15H,4,14H2,1H3,(H,16,17). The molecule has 0 aliphatic carbocycles. The highest BCUT2D eigenvalue weighted by Gasteiger charge is 2.23. The minimum Gasteiger partial charge on any atom is -0.507 e. The number of carboxylic acids is 1. The zero-order valence-electron chi connectivity index (χ0n) is 9.15. The molecule has 0 fully saturated rings. The number of carbonyl (C=O) groups is 1. The highest BCUT2D eigenvalue weighted by atomic mass is 19.3. The highest BCUT2D eigenvalue weighted by Crippen LogP contribution is 2.34. The topological polar surface area (TPSA) is 83.6 Å². The van der Waals surface area contributed by atoms with E-state index in [1.54, 1.807) is 0 Å². The molecular formula is C11H13F2NO3. The van der Waals surface area contributed by atoms with E-state index in [1.807, 2.05) is 0 Å². The number of carboxylic acid groups (broad SMARTS) is 1. The minimum atomic E-state index is -2.86. The van der Waals surface area contributed by atoms with Crippen LogP contribution in [0.3, 0.4) is 0 Å². The van der Waals surface area contributed by atoms with Crippen LogP contribution < -0.4 is 5.73 Å².